The average molecular weight is 150 g/mol. The highest BCUT2D eigenvalue weighted by Gasteiger charge is 2.00. The van der Waals surface area contributed by atoms with Crippen molar-refractivity contribution in [3.63, 3.8) is 0 Å². The van der Waals surface area contributed by atoms with Crippen molar-refractivity contribution in [3.05, 3.63) is 30.2 Å². The Morgan fingerprint density at radius 1 is 1.36 bits per heavy atom. The van der Waals surface area contributed by atoms with Crippen molar-refractivity contribution in [2.75, 3.05) is 5.73 Å². The molecule has 0 bridgehead atoms. The van der Waals surface area contributed by atoms with Crippen LogP contribution in [0, 0.1) is 5.95 Å². The van der Waals surface area contributed by atoms with E-state index in [1.54, 1.807) is 18.2 Å². The van der Waals surface area contributed by atoms with E-state index in [0.29, 0.717) is 5.69 Å². The molecule has 3 N–H and O–H groups in total. The van der Waals surface area contributed by atoms with Gasteiger partial charge in [0.05, 0.1) is 0 Å². The molecule has 0 saturated carbocycles. The minimum Gasteiger partial charge on any atom is -0.398 e. The molecule has 0 saturated heterocycles. The van der Waals surface area contributed by atoms with Crippen molar-refractivity contribution in [1.29, 1.82) is 0 Å². The van der Waals surface area contributed by atoms with Gasteiger partial charge >= 0.3 is 0 Å². The van der Waals surface area contributed by atoms with Gasteiger partial charge < -0.3 is 10.7 Å². The number of aromatic amines is 1. The van der Waals surface area contributed by atoms with Gasteiger partial charge in [0, 0.05) is 22.7 Å². The molecule has 0 fully saturated rings. The Morgan fingerprint density at radius 2 is 2.18 bits per heavy atom. The first kappa shape index (κ1) is 6.22. The molecule has 0 atom stereocenters. The molecule has 11 heavy (non-hydrogen) atoms. The topological polar surface area (TPSA) is 41.8 Å². The summed E-state index contributed by atoms with van der Waals surface area (Å²) in [5.74, 6) is -0.349. The summed E-state index contributed by atoms with van der Waals surface area (Å²) in [7, 11) is 0. The number of aromatic nitrogens is 1. The molecule has 2 aromatic rings. The fraction of sp³-hybridized carbons (Fsp3) is 0. The first-order chi connectivity index (χ1) is 5.27. The Bertz CT molecular complexity index is 392. The van der Waals surface area contributed by atoms with Crippen molar-refractivity contribution >= 4 is 16.6 Å². The molecule has 3 heteroatoms. The van der Waals surface area contributed by atoms with Crippen LogP contribution in [-0.4, -0.2) is 4.98 Å². The van der Waals surface area contributed by atoms with Crippen molar-refractivity contribution in [2.45, 2.75) is 0 Å². The summed E-state index contributed by atoms with van der Waals surface area (Å²) in [4.78, 5) is 2.55. The third kappa shape index (κ3) is 0.852. The van der Waals surface area contributed by atoms with E-state index < -0.39 is 0 Å². The molecule has 0 amide bonds. The molecule has 2 nitrogen and oxygen atoms in total. The Hall–Kier alpha value is -1.51. The number of fused-ring (bicyclic) bond motifs is 1. The number of halogens is 1. The van der Waals surface area contributed by atoms with E-state index in [0.717, 1.165) is 10.9 Å². The summed E-state index contributed by atoms with van der Waals surface area (Å²) in [6.07, 6.45) is 0. The summed E-state index contributed by atoms with van der Waals surface area (Å²) in [6.45, 7) is 0. The molecule has 56 valence electrons. The first-order valence-corrected chi connectivity index (χ1v) is 3.30. The van der Waals surface area contributed by atoms with Crippen molar-refractivity contribution in [3.8, 4) is 0 Å². The maximum Gasteiger partial charge on any atom is 0.192 e. The molecule has 0 spiro atoms. The number of hydrogen-bond acceptors (Lipinski definition) is 1. The summed E-state index contributed by atoms with van der Waals surface area (Å²) in [5.41, 5.74) is 6.92. The summed E-state index contributed by atoms with van der Waals surface area (Å²) in [5, 5.41) is 0.741. The number of rotatable bonds is 0. The zero-order valence-electron chi connectivity index (χ0n) is 5.76. The Morgan fingerprint density at radius 3 is 2.91 bits per heavy atom. The van der Waals surface area contributed by atoms with Gasteiger partial charge in [-0.2, -0.15) is 4.39 Å². The minimum atomic E-state index is -0.349. The molecular formula is C8H7FN2. The number of anilines is 1. The zero-order chi connectivity index (χ0) is 7.84. The highest BCUT2D eigenvalue weighted by molar-refractivity contribution is 5.90. The zero-order valence-corrected chi connectivity index (χ0v) is 5.76. The molecular weight excluding hydrogens is 143 g/mol. The molecule has 0 unspecified atom stereocenters. The average Bonchev–Trinajstić information content (AvgIpc) is 2.31. The number of nitrogens with two attached hydrogens (primary N) is 1. The number of hydrogen-bond donors (Lipinski definition) is 2. The maximum atomic E-state index is 12.6. The van der Waals surface area contributed by atoms with Crippen LogP contribution in [0.4, 0.5) is 10.1 Å². The molecule has 1 aromatic carbocycles. The van der Waals surface area contributed by atoms with Crippen molar-refractivity contribution < 1.29 is 4.39 Å². The second kappa shape index (κ2) is 1.99. The molecule has 0 aliphatic heterocycles. The lowest BCUT2D eigenvalue weighted by Gasteiger charge is -1.92. The van der Waals surface area contributed by atoms with E-state index in [9.17, 15) is 4.39 Å². The van der Waals surface area contributed by atoms with Gasteiger partial charge in [0.2, 0.25) is 0 Å². The third-order valence-electron chi connectivity index (χ3n) is 1.66. The predicted molar refractivity (Wildman–Crippen MR) is 42.7 cm³/mol. The highest BCUT2D eigenvalue weighted by atomic mass is 19.1. The molecule has 0 aliphatic rings. The second-order valence-electron chi connectivity index (χ2n) is 2.43. The van der Waals surface area contributed by atoms with E-state index in [-0.39, 0.29) is 5.95 Å². The molecule has 0 aliphatic carbocycles. The van der Waals surface area contributed by atoms with Crippen LogP contribution in [0.1, 0.15) is 0 Å². The van der Waals surface area contributed by atoms with E-state index >= 15 is 0 Å². The molecule has 1 heterocycles. The van der Waals surface area contributed by atoms with Gasteiger partial charge in [-0.15, -0.1) is 0 Å². The van der Waals surface area contributed by atoms with Gasteiger partial charge in [-0.05, 0) is 12.1 Å². The normalized spacial score (nSPS) is 10.6. The lowest BCUT2D eigenvalue weighted by molar-refractivity contribution is 0.595. The van der Waals surface area contributed by atoms with Gasteiger partial charge in [0.15, 0.2) is 5.95 Å². The SMILES string of the molecule is Nc1cccc2[nH]c(F)cc12. The van der Waals surface area contributed by atoms with E-state index in [4.69, 9.17) is 5.73 Å². The van der Waals surface area contributed by atoms with Crippen LogP contribution in [-0.2, 0) is 0 Å². The third-order valence-corrected chi connectivity index (χ3v) is 1.66. The van der Waals surface area contributed by atoms with Crippen LogP contribution >= 0.6 is 0 Å². The van der Waals surface area contributed by atoms with Crippen LogP contribution in [0.2, 0.25) is 0 Å². The summed E-state index contributed by atoms with van der Waals surface area (Å²) >= 11 is 0. The molecule has 0 radical (unpaired) electrons. The summed E-state index contributed by atoms with van der Waals surface area (Å²) in [6, 6.07) is 6.71. The van der Waals surface area contributed by atoms with Crippen LogP contribution in [0.5, 0.6) is 0 Å². The fourth-order valence-corrected chi connectivity index (χ4v) is 1.14. The van der Waals surface area contributed by atoms with Gasteiger partial charge in [-0.1, -0.05) is 6.07 Å². The molecule has 2 rings (SSSR count). The van der Waals surface area contributed by atoms with E-state index in [1.165, 1.54) is 6.07 Å². The van der Waals surface area contributed by atoms with Crippen LogP contribution in [0.25, 0.3) is 10.9 Å². The number of nitrogen functional groups attached to an aromatic ring is 1. The van der Waals surface area contributed by atoms with E-state index in [2.05, 4.69) is 4.98 Å². The fourth-order valence-electron chi connectivity index (χ4n) is 1.14. The van der Waals surface area contributed by atoms with Crippen molar-refractivity contribution in [1.82, 2.24) is 4.98 Å². The Balaban J connectivity index is 2.90. The second-order valence-corrected chi connectivity index (χ2v) is 2.43. The number of H-pyrrole nitrogens is 1. The van der Waals surface area contributed by atoms with Gasteiger partial charge in [-0.3, -0.25) is 0 Å². The number of benzene rings is 1. The monoisotopic (exact) mass is 150 g/mol. The summed E-state index contributed by atoms with van der Waals surface area (Å²) < 4.78 is 12.6. The van der Waals surface area contributed by atoms with Crippen molar-refractivity contribution in [2.24, 2.45) is 0 Å². The Kier molecular flexibility index (Phi) is 1.12. The van der Waals surface area contributed by atoms with E-state index in [1.807, 2.05) is 0 Å². The minimum absolute atomic E-state index is 0.349. The quantitative estimate of drug-likeness (QED) is 0.553. The standard InChI is InChI=1S/C8H7FN2/c9-8-4-5-6(10)2-1-3-7(5)11-8/h1-4,11H,10H2. The Labute approximate surface area is 62.8 Å². The highest BCUT2D eigenvalue weighted by Crippen LogP contribution is 2.20. The lowest BCUT2D eigenvalue weighted by atomic mass is 10.2. The van der Waals surface area contributed by atoms with Crippen LogP contribution in [0.15, 0.2) is 24.3 Å². The van der Waals surface area contributed by atoms with Gasteiger partial charge in [-0.25, -0.2) is 0 Å². The number of nitrogens with one attached hydrogen (secondary N) is 1. The van der Waals surface area contributed by atoms with Crippen LogP contribution in [0.3, 0.4) is 0 Å². The largest absolute Gasteiger partial charge is 0.398 e. The maximum absolute atomic E-state index is 12.6. The predicted octanol–water partition coefficient (Wildman–Crippen LogP) is 1.89. The van der Waals surface area contributed by atoms with Gasteiger partial charge in [0.25, 0.3) is 0 Å². The van der Waals surface area contributed by atoms with Crippen LogP contribution < -0.4 is 5.73 Å². The first-order valence-electron chi connectivity index (χ1n) is 3.30. The lowest BCUT2D eigenvalue weighted by Crippen LogP contribution is -1.82. The smallest absolute Gasteiger partial charge is 0.192 e. The molecule has 1 aromatic heterocycles. The van der Waals surface area contributed by atoms with Gasteiger partial charge in [0.1, 0.15) is 0 Å².